The van der Waals surface area contributed by atoms with Crippen molar-refractivity contribution < 1.29 is 19.8 Å². The fourth-order valence-electron chi connectivity index (χ4n) is 2.33. The molecule has 0 aromatic heterocycles. The van der Waals surface area contributed by atoms with Crippen LogP contribution in [0.3, 0.4) is 0 Å². The Balaban J connectivity index is 2.58. The molecular formula is C12H22N2O4. The highest BCUT2D eigenvalue weighted by molar-refractivity contribution is 5.77. The highest BCUT2D eigenvalue weighted by atomic mass is 16.4. The van der Waals surface area contributed by atoms with E-state index in [2.05, 4.69) is 0 Å². The van der Waals surface area contributed by atoms with Crippen LogP contribution < -0.4 is 0 Å². The highest BCUT2D eigenvalue weighted by Crippen LogP contribution is 2.35. The van der Waals surface area contributed by atoms with E-state index in [0.717, 1.165) is 0 Å². The normalized spacial score (nSPS) is 18.5. The van der Waals surface area contributed by atoms with Crippen molar-refractivity contribution in [3.8, 4) is 0 Å². The van der Waals surface area contributed by atoms with Crippen LogP contribution in [0.4, 0.5) is 4.79 Å². The first-order valence-electron chi connectivity index (χ1n) is 6.31. The second-order valence-corrected chi connectivity index (χ2v) is 4.85. The van der Waals surface area contributed by atoms with Crippen LogP contribution in [0.5, 0.6) is 0 Å². The number of amides is 2. The first-order chi connectivity index (χ1) is 8.46. The minimum absolute atomic E-state index is 0.0654. The molecule has 0 aromatic rings. The molecule has 0 aliphatic carbocycles. The number of hydrogen-bond acceptors (Lipinski definition) is 3. The predicted molar refractivity (Wildman–Crippen MR) is 66.3 cm³/mol. The molecule has 1 rings (SSSR count). The van der Waals surface area contributed by atoms with Crippen molar-refractivity contribution in [2.45, 2.75) is 26.2 Å². The zero-order valence-electron chi connectivity index (χ0n) is 11.1. The Labute approximate surface area is 107 Å². The number of piperidine rings is 1. The number of carbonyl (C=O) groups is 2. The first-order valence-corrected chi connectivity index (χ1v) is 6.31. The van der Waals surface area contributed by atoms with E-state index in [-0.39, 0.29) is 12.6 Å². The molecule has 0 atom stereocenters. The maximum absolute atomic E-state index is 12.0. The van der Waals surface area contributed by atoms with Gasteiger partial charge >= 0.3 is 12.0 Å². The van der Waals surface area contributed by atoms with E-state index in [1.165, 1.54) is 4.90 Å². The van der Waals surface area contributed by atoms with E-state index < -0.39 is 11.4 Å². The quantitative estimate of drug-likeness (QED) is 0.774. The molecule has 0 saturated carbocycles. The van der Waals surface area contributed by atoms with Crippen molar-refractivity contribution in [2.75, 3.05) is 33.3 Å². The van der Waals surface area contributed by atoms with E-state index >= 15 is 0 Å². The zero-order valence-corrected chi connectivity index (χ0v) is 11.1. The summed E-state index contributed by atoms with van der Waals surface area (Å²) in [6.07, 6.45) is 1.59. The molecule has 0 spiro atoms. The molecule has 1 saturated heterocycles. The van der Waals surface area contributed by atoms with Crippen molar-refractivity contribution in [2.24, 2.45) is 5.41 Å². The Morgan fingerprint density at radius 1 is 1.33 bits per heavy atom. The van der Waals surface area contributed by atoms with Gasteiger partial charge in [-0.1, -0.05) is 6.92 Å². The lowest BCUT2D eigenvalue weighted by atomic mass is 9.76. The number of likely N-dealkylation sites (tertiary alicyclic amines) is 1. The summed E-state index contributed by atoms with van der Waals surface area (Å²) in [5, 5.41) is 18.0. The summed E-state index contributed by atoms with van der Waals surface area (Å²) in [7, 11) is 1.64. The summed E-state index contributed by atoms with van der Waals surface area (Å²) < 4.78 is 0. The maximum Gasteiger partial charge on any atom is 0.319 e. The molecule has 6 nitrogen and oxygen atoms in total. The summed E-state index contributed by atoms with van der Waals surface area (Å²) in [6, 6.07) is -0.140. The number of aliphatic hydroxyl groups excluding tert-OH is 1. The third-order valence-corrected chi connectivity index (χ3v) is 3.88. The number of rotatable bonds is 4. The number of urea groups is 1. The number of aliphatic carboxylic acids is 1. The number of aliphatic hydroxyl groups is 1. The third kappa shape index (κ3) is 2.93. The first kappa shape index (κ1) is 14.8. The average molecular weight is 258 g/mol. The van der Waals surface area contributed by atoms with Gasteiger partial charge in [0.05, 0.1) is 12.0 Å². The minimum Gasteiger partial charge on any atom is -0.481 e. The Morgan fingerprint density at radius 2 is 1.89 bits per heavy atom. The van der Waals surface area contributed by atoms with Crippen molar-refractivity contribution >= 4 is 12.0 Å². The topological polar surface area (TPSA) is 81.1 Å². The average Bonchev–Trinajstić information content (AvgIpc) is 2.38. The molecule has 104 valence electrons. The van der Waals surface area contributed by atoms with Crippen LogP contribution in [-0.2, 0) is 4.79 Å². The number of likely N-dealkylation sites (N-methyl/N-ethyl adjacent to an activating group) is 1. The second-order valence-electron chi connectivity index (χ2n) is 4.85. The Hall–Kier alpha value is -1.30. The van der Waals surface area contributed by atoms with Crippen LogP contribution >= 0.6 is 0 Å². The van der Waals surface area contributed by atoms with Gasteiger partial charge < -0.3 is 20.0 Å². The monoisotopic (exact) mass is 258 g/mol. The molecule has 2 N–H and O–H groups in total. The number of carboxylic acids is 1. The van der Waals surface area contributed by atoms with Gasteiger partial charge in [0.25, 0.3) is 0 Å². The predicted octanol–water partition coefficient (Wildman–Crippen LogP) is 0.607. The summed E-state index contributed by atoms with van der Waals surface area (Å²) in [5.74, 6) is -0.763. The molecular weight excluding hydrogens is 236 g/mol. The second kappa shape index (κ2) is 6.04. The van der Waals surface area contributed by atoms with E-state index in [9.17, 15) is 14.7 Å². The molecule has 1 fully saturated rings. The van der Waals surface area contributed by atoms with Gasteiger partial charge in [0.15, 0.2) is 0 Å². The largest absolute Gasteiger partial charge is 0.481 e. The molecule has 1 aliphatic rings. The fourth-order valence-corrected chi connectivity index (χ4v) is 2.33. The SMILES string of the molecule is CCC1(C(=O)O)CCN(C(=O)N(C)CCO)CC1. The molecule has 0 aromatic carbocycles. The van der Waals surface area contributed by atoms with Crippen molar-refractivity contribution in [3.63, 3.8) is 0 Å². The third-order valence-electron chi connectivity index (χ3n) is 3.88. The highest BCUT2D eigenvalue weighted by Gasteiger charge is 2.41. The standard InChI is InChI=1S/C12H22N2O4/c1-3-12(10(16)17)4-6-14(7-5-12)11(18)13(2)8-9-15/h15H,3-9H2,1-2H3,(H,16,17). The van der Waals surface area contributed by atoms with Gasteiger partial charge in [-0.2, -0.15) is 0 Å². The van der Waals surface area contributed by atoms with Gasteiger partial charge in [0.1, 0.15) is 0 Å². The zero-order chi connectivity index (χ0) is 13.8. The van der Waals surface area contributed by atoms with Gasteiger partial charge in [0.2, 0.25) is 0 Å². The Bertz CT molecular complexity index is 311. The fraction of sp³-hybridized carbons (Fsp3) is 0.833. The summed E-state index contributed by atoms with van der Waals surface area (Å²) in [6.45, 7) is 3.05. The molecule has 0 radical (unpaired) electrons. The number of carbonyl (C=O) groups excluding carboxylic acids is 1. The molecule has 18 heavy (non-hydrogen) atoms. The van der Waals surface area contributed by atoms with E-state index in [4.69, 9.17) is 5.11 Å². The lowest BCUT2D eigenvalue weighted by Crippen LogP contribution is -2.50. The van der Waals surface area contributed by atoms with Crippen molar-refractivity contribution in [3.05, 3.63) is 0 Å². The van der Waals surface area contributed by atoms with Crippen LogP contribution in [0.1, 0.15) is 26.2 Å². The summed E-state index contributed by atoms with van der Waals surface area (Å²) in [4.78, 5) is 26.3. The molecule has 0 unspecified atom stereocenters. The van der Waals surface area contributed by atoms with Crippen LogP contribution in [0.2, 0.25) is 0 Å². The van der Waals surface area contributed by atoms with Gasteiger partial charge in [-0.15, -0.1) is 0 Å². The van der Waals surface area contributed by atoms with Gasteiger partial charge in [0, 0.05) is 26.7 Å². The van der Waals surface area contributed by atoms with Crippen LogP contribution in [0, 0.1) is 5.41 Å². The number of carboxylic acid groups (broad SMARTS) is 1. The molecule has 1 aliphatic heterocycles. The van der Waals surface area contributed by atoms with Gasteiger partial charge in [-0.25, -0.2) is 4.79 Å². The lowest BCUT2D eigenvalue weighted by Gasteiger charge is -2.39. The van der Waals surface area contributed by atoms with Crippen molar-refractivity contribution in [1.29, 1.82) is 0 Å². The molecule has 2 amide bonds. The van der Waals surface area contributed by atoms with E-state index in [0.29, 0.717) is 38.9 Å². The number of nitrogens with zero attached hydrogens (tertiary/aromatic N) is 2. The van der Waals surface area contributed by atoms with Crippen LogP contribution in [0.25, 0.3) is 0 Å². The van der Waals surface area contributed by atoms with Crippen LogP contribution in [-0.4, -0.2) is 65.3 Å². The molecule has 6 heteroatoms. The Morgan fingerprint density at radius 3 is 2.28 bits per heavy atom. The number of hydrogen-bond donors (Lipinski definition) is 2. The van der Waals surface area contributed by atoms with Gasteiger partial charge in [-0.05, 0) is 19.3 Å². The molecule has 1 heterocycles. The van der Waals surface area contributed by atoms with E-state index in [1.54, 1.807) is 11.9 Å². The van der Waals surface area contributed by atoms with Crippen LogP contribution in [0.15, 0.2) is 0 Å². The minimum atomic E-state index is -0.763. The summed E-state index contributed by atoms with van der Waals surface area (Å²) >= 11 is 0. The van der Waals surface area contributed by atoms with Gasteiger partial charge in [-0.3, -0.25) is 4.79 Å². The smallest absolute Gasteiger partial charge is 0.319 e. The van der Waals surface area contributed by atoms with E-state index in [1.807, 2.05) is 6.92 Å². The maximum atomic E-state index is 12.0. The summed E-state index contributed by atoms with van der Waals surface area (Å²) in [5.41, 5.74) is -0.674. The lowest BCUT2D eigenvalue weighted by molar-refractivity contribution is -0.152. The molecule has 0 bridgehead atoms. The Kier molecular flexibility index (Phi) is 4.95. The van der Waals surface area contributed by atoms with Crippen molar-refractivity contribution in [1.82, 2.24) is 9.80 Å².